The number of hydrogen-bond donors (Lipinski definition) is 1. The molecule has 2 aromatic rings. The van der Waals surface area contributed by atoms with Crippen molar-refractivity contribution in [3.05, 3.63) is 40.4 Å². The van der Waals surface area contributed by atoms with Crippen LogP contribution in [0.15, 0.2) is 24.1 Å². The molecule has 1 N–H and O–H groups in total. The van der Waals surface area contributed by atoms with Crippen molar-refractivity contribution in [2.75, 3.05) is 0 Å². The van der Waals surface area contributed by atoms with Gasteiger partial charge in [0.05, 0.1) is 5.51 Å². The van der Waals surface area contributed by atoms with Gasteiger partial charge in [0.15, 0.2) is 5.82 Å². The van der Waals surface area contributed by atoms with Crippen molar-refractivity contribution in [1.29, 1.82) is 0 Å². The van der Waals surface area contributed by atoms with Gasteiger partial charge in [-0.1, -0.05) is 0 Å². The molecule has 0 radical (unpaired) electrons. The summed E-state index contributed by atoms with van der Waals surface area (Å²) in [6, 6.07) is 0. The number of aliphatic hydroxyl groups is 1. The Morgan fingerprint density at radius 3 is 2.67 bits per heavy atom. The van der Waals surface area contributed by atoms with E-state index in [1.165, 1.54) is 11.3 Å². The second kappa shape index (κ2) is 4.46. The van der Waals surface area contributed by atoms with Crippen LogP contribution in [0.1, 0.15) is 22.4 Å². The van der Waals surface area contributed by atoms with E-state index < -0.39 is 6.10 Å². The normalized spacial score (nSPS) is 12.7. The van der Waals surface area contributed by atoms with Crippen LogP contribution in [0.3, 0.4) is 0 Å². The molecule has 78 valence electrons. The maximum Gasteiger partial charge on any atom is 0.157 e. The van der Waals surface area contributed by atoms with Crippen LogP contribution in [0.5, 0.6) is 0 Å². The maximum atomic E-state index is 9.84. The molecule has 0 fully saturated rings. The lowest BCUT2D eigenvalue weighted by molar-refractivity contribution is 0.169. The lowest BCUT2D eigenvalue weighted by Crippen LogP contribution is -2.05. The summed E-state index contributed by atoms with van der Waals surface area (Å²) >= 11 is 1.52. The standard InChI is InChI=1S/C10H11N3OS/c1-7-3-12-10(13-4-7)9(14)2-8-5-11-6-15-8/h3-6,9,14H,2H2,1H3. The smallest absolute Gasteiger partial charge is 0.157 e. The van der Waals surface area contributed by atoms with Gasteiger partial charge in [-0.2, -0.15) is 0 Å². The third-order valence-corrected chi connectivity index (χ3v) is 2.78. The first-order chi connectivity index (χ1) is 7.25. The molecule has 15 heavy (non-hydrogen) atoms. The fraction of sp³-hybridized carbons (Fsp3) is 0.300. The Hall–Kier alpha value is -1.33. The molecule has 2 aromatic heterocycles. The van der Waals surface area contributed by atoms with Crippen LogP contribution >= 0.6 is 11.3 Å². The van der Waals surface area contributed by atoms with Crippen LogP contribution in [0.4, 0.5) is 0 Å². The minimum atomic E-state index is -0.647. The SMILES string of the molecule is Cc1cnc(C(O)Cc2cncs2)nc1. The first-order valence-electron chi connectivity index (χ1n) is 4.59. The van der Waals surface area contributed by atoms with E-state index in [1.54, 1.807) is 24.1 Å². The Bertz CT molecular complexity index is 413. The van der Waals surface area contributed by atoms with Crippen molar-refractivity contribution in [2.24, 2.45) is 0 Å². The van der Waals surface area contributed by atoms with Gasteiger partial charge in [-0.3, -0.25) is 4.98 Å². The van der Waals surface area contributed by atoms with Crippen LogP contribution < -0.4 is 0 Å². The summed E-state index contributed by atoms with van der Waals surface area (Å²) in [5, 5.41) is 9.84. The molecule has 1 atom stereocenters. The minimum Gasteiger partial charge on any atom is -0.385 e. The van der Waals surface area contributed by atoms with Gasteiger partial charge in [0, 0.05) is 29.9 Å². The summed E-state index contributed by atoms with van der Waals surface area (Å²) in [7, 11) is 0. The molecule has 1 unspecified atom stereocenters. The highest BCUT2D eigenvalue weighted by atomic mass is 32.1. The number of nitrogens with zero attached hydrogens (tertiary/aromatic N) is 3. The molecule has 2 heterocycles. The predicted octanol–water partition coefficient (Wildman–Crippen LogP) is 1.52. The second-order valence-electron chi connectivity index (χ2n) is 3.31. The molecular weight excluding hydrogens is 210 g/mol. The summed E-state index contributed by atoms with van der Waals surface area (Å²) in [6.45, 7) is 1.92. The largest absolute Gasteiger partial charge is 0.385 e. The zero-order chi connectivity index (χ0) is 10.7. The van der Waals surface area contributed by atoms with Crippen molar-refractivity contribution in [3.8, 4) is 0 Å². The van der Waals surface area contributed by atoms with Crippen LogP contribution in [0.25, 0.3) is 0 Å². The van der Waals surface area contributed by atoms with Crippen molar-refractivity contribution in [1.82, 2.24) is 15.0 Å². The Labute approximate surface area is 91.7 Å². The van der Waals surface area contributed by atoms with E-state index in [1.807, 2.05) is 6.92 Å². The van der Waals surface area contributed by atoms with E-state index >= 15 is 0 Å². The fourth-order valence-corrected chi connectivity index (χ4v) is 1.83. The number of rotatable bonds is 3. The highest BCUT2D eigenvalue weighted by molar-refractivity contribution is 7.09. The van der Waals surface area contributed by atoms with Crippen molar-refractivity contribution in [3.63, 3.8) is 0 Å². The maximum absolute atomic E-state index is 9.84. The average Bonchev–Trinajstić information content (AvgIpc) is 2.71. The van der Waals surface area contributed by atoms with E-state index in [2.05, 4.69) is 15.0 Å². The molecule has 2 rings (SSSR count). The summed E-state index contributed by atoms with van der Waals surface area (Å²) in [5.74, 6) is 0.467. The van der Waals surface area contributed by atoms with Gasteiger partial charge in [0.2, 0.25) is 0 Å². The molecule has 0 bridgehead atoms. The molecule has 0 aliphatic rings. The van der Waals surface area contributed by atoms with Gasteiger partial charge in [0.1, 0.15) is 6.10 Å². The molecular formula is C10H11N3OS. The van der Waals surface area contributed by atoms with Crippen LogP contribution in [-0.4, -0.2) is 20.1 Å². The molecule has 0 saturated carbocycles. The molecule has 4 nitrogen and oxygen atoms in total. The quantitative estimate of drug-likeness (QED) is 0.853. The summed E-state index contributed by atoms with van der Waals surface area (Å²) < 4.78 is 0. The number of aliphatic hydroxyl groups excluding tert-OH is 1. The van der Waals surface area contributed by atoms with E-state index in [9.17, 15) is 5.11 Å². The summed E-state index contributed by atoms with van der Waals surface area (Å²) in [4.78, 5) is 13.1. The van der Waals surface area contributed by atoms with Gasteiger partial charge in [-0.05, 0) is 12.5 Å². The van der Waals surface area contributed by atoms with Gasteiger partial charge in [0.25, 0.3) is 0 Å². The Kier molecular flexibility index (Phi) is 3.03. The molecule has 0 aliphatic heterocycles. The van der Waals surface area contributed by atoms with E-state index in [0.717, 1.165) is 10.4 Å². The second-order valence-corrected chi connectivity index (χ2v) is 4.28. The fourth-order valence-electron chi connectivity index (χ4n) is 1.20. The lowest BCUT2D eigenvalue weighted by Gasteiger charge is -2.06. The molecule has 0 amide bonds. The number of aromatic nitrogens is 3. The minimum absolute atomic E-state index is 0.467. The zero-order valence-electron chi connectivity index (χ0n) is 8.29. The third-order valence-electron chi connectivity index (χ3n) is 1.98. The van der Waals surface area contributed by atoms with Gasteiger partial charge >= 0.3 is 0 Å². The Morgan fingerprint density at radius 2 is 2.07 bits per heavy atom. The monoisotopic (exact) mass is 221 g/mol. The average molecular weight is 221 g/mol. The van der Waals surface area contributed by atoms with Crippen molar-refractivity contribution in [2.45, 2.75) is 19.4 Å². The summed E-state index contributed by atoms with van der Waals surface area (Å²) in [6.07, 6.45) is 5.04. The molecule has 0 spiro atoms. The van der Waals surface area contributed by atoms with E-state index in [0.29, 0.717) is 12.2 Å². The third kappa shape index (κ3) is 2.57. The summed E-state index contributed by atoms with van der Waals surface area (Å²) in [5.41, 5.74) is 2.74. The van der Waals surface area contributed by atoms with Gasteiger partial charge in [-0.15, -0.1) is 11.3 Å². The highest BCUT2D eigenvalue weighted by Gasteiger charge is 2.11. The molecule has 0 saturated heterocycles. The number of hydrogen-bond acceptors (Lipinski definition) is 5. The highest BCUT2D eigenvalue weighted by Crippen LogP contribution is 2.16. The van der Waals surface area contributed by atoms with Gasteiger partial charge < -0.3 is 5.11 Å². The molecule has 0 aromatic carbocycles. The number of thiazole rings is 1. The predicted molar refractivity (Wildman–Crippen MR) is 57.5 cm³/mol. The molecule has 5 heteroatoms. The molecule has 0 aliphatic carbocycles. The van der Waals surface area contributed by atoms with Crippen LogP contribution in [0, 0.1) is 6.92 Å². The Balaban J connectivity index is 2.08. The van der Waals surface area contributed by atoms with Crippen molar-refractivity contribution >= 4 is 11.3 Å². The number of aryl methyl sites for hydroxylation is 1. The first kappa shape index (κ1) is 10.2. The van der Waals surface area contributed by atoms with Crippen molar-refractivity contribution < 1.29 is 5.11 Å². The van der Waals surface area contributed by atoms with E-state index in [4.69, 9.17) is 0 Å². The first-order valence-corrected chi connectivity index (χ1v) is 5.47. The topological polar surface area (TPSA) is 58.9 Å². The Morgan fingerprint density at radius 1 is 1.33 bits per heavy atom. The van der Waals surface area contributed by atoms with Crippen LogP contribution in [0.2, 0.25) is 0 Å². The van der Waals surface area contributed by atoms with Gasteiger partial charge in [-0.25, -0.2) is 9.97 Å². The van der Waals surface area contributed by atoms with E-state index in [-0.39, 0.29) is 0 Å². The zero-order valence-corrected chi connectivity index (χ0v) is 9.11. The lowest BCUT2D eigenvalue weighted by atomic mass is 10.2. The van der Waals surface area contributed by atoms with Crippen LogP contribution in [-0.2, 0) is 6.42 Å².